The summed E-state index contributed by atoms with van der Waals surface area (Å²) in [6.07, 6.45) is 3.67. The minimum absolute atomic E-state index is 0.0818. The molecule has 194 valence electrons. The Bertz CT molecular complexity index is 1380. The third-order valence-corrected chi connectivity index (χ3v) is 8.62. The summed E-state index contributed by atoms with van der Waals surface area (Å²) < 4.78 is 40.9. The molecule has 3 N–H and O–H groups in total. The molecule has 36 heavy (non-hydrogen) atoms. The molecule has 0 radical (unpaired) electrons. The molecule has 1 saturated carbocycles. The number of benzene rings is 1. The van der Waals surface area contributed by atoms with Crippen LogP contribution in [0.5, 0.6) is 0 Å². The Morgan fingerprint density at radius 3 is 2.58 bits per heavy atom. The molecule has 2 aromatic heterocycles. The zero-order valence-corrected chi connectivity index (χ0v) is 21.5. The number of morpholine rings is 1. The zero-order valence-electron chi connectivity index (χ0n) is 20.7. The number of aromatic amines is 1. The summed E-state index contributed by atoms with van der Waals surface area (Å²) in [4.78, 5) is 18.2. The molecule has 2 aliphatic rings. The van der Waals surface area contributed by atoms with Crippen molar-refractivity contribution in [3.8, 4) is 11.1 Å². The second kappa shape index (κ2) is 10.3. The number of hydrogen-bond donors (Lipinski definition) is 3. The Morgan fingerprint density at radius 1 is 1.14 bits per heavy atom. The number of H-pyrrole nitrogens is 1. The van der Waals surface area contributed by atoms with Crippen molar-refractivity contribution in [3.05, 3.63) is 40.0 Å². The highest BCUT2D eigenvalue weighted by Crippen LogP contribution is 2.34. The minimum Gasteiger partial charge on any atom is -0.379 e. The van der Waals surface area contributed by atoms with Crippen LogP contribution in [0.4, 0.5) is 5.69 Å². The molecule has 1 aromatic carbocycles. The van der Waals surface area contributed by atoms with Crippen molar-refractivity contribution in [2.24, 2.45) is 0 Å². The lowest BCUT2D eigenvalue weighted by atomic mass is 10.0. The van der Waals surface area contributed by atoms with E-state index in [0.717, 1.165) is 50.9 Å². The van der Waals surface area contributed by atoms with Crippen LogP contribution in [0.1, 0.15) is 37.1 Å². The van der Waals surface area contributed by atoms with Gasteiger partial charge in [-0.15, -0.1) is 0 Å². The summed E-state index contributed by atoms with van der Waals surface area (Å²) in [5, 5.41) is 7.68. The minimum atomic E-state index is -3.85. The number of anilines is 1. The van der Waals surface area contributed by atoms with Gasteiger partial charge in [-0.2, -0.15) is 0 Å². The maximum absolute atomic E-state index is 13.6. The van der Waals surface area contributed by atoms with E-state index in [9.17, 15) is 13.2 Å². The maximum atomic E-state index is 13.6. The number of ether oxygens (including phenoxy) is 1. The van der Waals surface area contributed by atoms with Crippen LogP contribution >= 0.6 is 0 Å². The van der Waals surface area contributed by atoms with Gasteiger partial charge < -0.3 is 19.6 Å². The molecule has 0 atom stereocenters. The average Bonchev–Trinajstić information content (AvgIpc) is 3.48. The van der Waals surface area contributed by atoms with E-state index >= 15 is 0 Å². The Labute approximate surface area is 210 Å². The molecule has 0 bridgehead atoms. The fourth-order valence-electron chi connectivity index (χ4n) is 5.17. The highest BCUT2D eigenvalue weighted by atomic mass is 32.2. The van der Waals surface area contributed by atoms with Crippen molar-refractivity contribution < 1.29 is 17.7 Å². The summed E-state index contributed by atoms with van der Waals surface area (Å²) in [5.74, 6) is 0.586. The molecule has 2 fully saturated rings. The summed E-state index contributed by atoms with van der Waals surface area (Å²) >= 11 is 0. The van der Waals surface area contributed by atoms with E-state index < -0.39 is 10.0 Å². The standard InChI is InChI=1S/C25H33N5O5S/c1-16-24(17(2)35-28-16)18-13-21-20(23(14-18)36(32,33)29-19-5-3-4-6-19)15-22(25(31)27-21)26-7-8-30-9-11-34-12-10-30/h13-15,19,26,29H,3-12H2,1-2H3,(H,27,31). The topological polar surface area (TPSA) is 130 Å². The first-order valence-corrected chi connectivity index (χ1v) is 14.0. The largest absolute Gasteiger partial charge is 0.379 e. The van der Waals surface area contributed by atoms with Crippen molar-refractivity contribution in [2.45, 2.75) is 50.5 Å². The Kier molecular flexibility index (Phi) is 7.16. The van der Waals surface area contributed by atoms with Gasteiger partial charge in [0.2, 0.25) is 10.0 Å². The van der Waals surface area contributed by atoms with Crippen LogP contribution in [0.3, 0.4) is 0 Å². The lowest BCUT2D eigenvalue weighted by Gasteiger charge is -2.26. The van der Waals surface area contributed by atoms with Gasteiger partial charge in [0, 0.05) is 43.2 Å². The van der Waals surface area contributed by atoms with Gasteiger partial charge in [-0.05, 0) is 50.5 Å². The predicted molar refractivity (Wildman–Crippen MR) is 138 cm³/mol. The monoisotopic (exact) mass is 515 g/mol. The van der Waals surface area contributed by atoms with Crippen LogP contribution in [0.2, 0.25) is 0 Å². The molecule has 10 nitrogen and oxygen atoms in total. The number of fused-ring (bicyclic) bond motifs is 1. The van der Waals surface area contributed by atoms with Gasteiger partial charge in [-0.25, -0.2) is 13.1 Å². The Morgan fingerprint density at radius 2 is 1.89 bits per heavy atom. The van der Waals surface area contributed by atoms with Crippen molar-refractivity contribution in [3.63, 3.8) is 0 Å². The molecule has 1 aliphatic carbocycles. The van der Waals surface area contributed by atoms with Gasteiger partial charge >= 0.3 is 0 Å². The number of aromatic nitrogens is 2. The van der Waals surface area contributed by atoms with Gasteiger partial charge in [0.1, 0.15) is 11.4 Å². The molecule has 1 saturated heterocycles. The van der Waals surface area contributed by atoms with Crippen LogP contribution in [0, 0.1) is 13.8 Å². The molecule has 5 rings (SSSR count). The fraction of sp³-hybridized carbons (Fsp3) is 0.520. The second-order valence-corrected chi connectivity index (χ2v) is 11.3. The number of aryl methyl sites for hydroxylation is 2. The maximum Gasteiger partial charge on any atom is 0.271 e. The number of hydrogen-bond acceptors (Lipinski definition) is 8. The van der Waals surface area contributed by atoms with E-state index in [4.69, 9.17) is 9.26 Å². The first kappa shape index (κ1) is 24.9. The van der Waals surface area contributed by atoms with Crippen LogP contribution < -0.4 is 15.6 Å². The molecule has 0 amide bonds. The molecular weight excluding hydrogens is 482 g/mol. The Hall–Kier alpha value is -2.73. The van der Waals surface area contributed by atoms with Crippen molar-refractivity contribution in [1.82, 2.24) is 19.8 Å². The lowest BCUT2D eigenvalue weighted by Crippen LogP contribution is -2.39. The van der Waals surface area contributed by atoms with Crippen molar-refractivity contribution in [1.29, 1.82) is 0 Å². The molecule has 3 aromatic rings. The van der Waals surface area contributed by atoms with E-state index in [1.54, 1.807) is 25.1 Å². The smallest absolute Gasteiger partial charge is 0.271 e. The molecule has 11 heteroatoms. The third kappa shape index (κ3) is 5.19. The van der Waals surface area contributed by atoms with E-state index in [1.165, 1.54) is 0 Å². The normalized spacial score (nSPS) is 17.7. The highest BCUT2D eigenvalue weighted by Gasteiger charge is 2.27. The first-order valence-electron chi connectivity index (χ1n) is 12.5. The van der Waals surface area contributed by atoms with Crippen LogP contribution in [0.15, 0.2) is 32.4 Å². The summed E-state index contributed by atoms with van der Waals surface area (Å²) in [6.45, 7) is 8.05. The van der Waals surface area contributed by atoms with Gasteiger partial charge in [0.15, 0.2) is 0 Å². The zero-order chi connectivity index (χ0) is 25.3. The Balaban J connectivity index is 1.54. The van der Waals surface area contributed by atoms with Crippen molar-refractivity contribution in [2.75, 3.05) is 44.7 Å². The van der Waals surface area contributed by atoms with E-state index in [1.807, 2.05) is 6.92 Å². The van der Waals surface area contributed by atoms with Gasteiger partial charge in [0.25, 0.3) is 5.56 Å². The number of nitrogens with zero attached hydrogens (tertiary/aromatic N) is 2. The van der Waals surface area contributed by atoms with Crippen LogP contribution in [-0.4, -0.2) is 68.9 Å². The molecule has 0 spiro atoms. The van der Waals surface area contributed by atoms with Crippen molar-refractivity contribution >= 4 is 26.6 Å². The number of rotatable bonds is 8. The second-order valence-electron chi connectivity index (χ2n) is 9.63. The SMILES string of the molecule is Cc1noc(C)c1-c1cc(S(=O)(=O)NC2CCCC2)c2cc(NCCN3CCOCC3)c(=O)[nH]c2c1. The van der Waals surface area contributed by atoms with Gasteiger partial charge in [-0.1, -0.05) is 18.0 Å². The quantitative estimate of drug-likeness (QED) is 0.418. The predicted octanol–water partition coefficient (Wildman–Crippen LogP) is 2.76. The van der Waals surface area contributed by atoms with Gasteiger partial charge in [0.05, 0.1) is 29.3 Å². The first-order chi connectivity index (χ1) is 17.3. The van der Waals surface area contributed by atoms with Gasteiger partial charge in [-0.3, -0.25) is 9.69 Å². The number of nitrogens with one attached hydrogen (secondary N) is 3. The summed E-state index contributed by atoms with van der Waals surface area (Å²) in [5.41, 5.74) is 2.51. The lowest BCUT2D eigenvalue weighted by molar-refractivity contribution is 0.0398. The average molecular weight is 516 g/mol. The summed E-state index contributed by atoms with van der Waals surface area (Å²) in [6, 6.07) is 5.01. The molecular formula is C25H33N5O5S. The fourth-order valence-corrected chi connectivity index (χ4v) is 6.71. The molecule has 0 unspecified atom stereocenters. The number of sulfonamides is 1. The summed E-state index contributed by atoms with van der Waals surface area (Å²) in [7, 11) is -3.85. The molecule has 3 heterocycles. The molecule has 1 aliphatic heterocycles. The van der Waals surface area contributed by atoms with E-state index in [-0.39, 0.29) is 16.5 Å². The van der Waals surface area contributed by atoms with Crippen LogP contribution in [0.25, 0.3) is 22.0 Å². The van der Waals surface area contributed by atoms with E-state index in [0.29, 0.717) is 53.4 Å². The highest BCUT2D eigenvalue weighted by molar-refractivity contribution is 7.89. The van der Waals surface area contributed by atoms with E-state index in [2.05, 4.69) is 25.1 Å². The third-order valence-electron chi connectivity index (χ3n) is 7.06. The number of pyridine rings is 1. The van der Waals surface area contributed by atoms with Crippen LogP contribution in [-0.2, 0) is 14.8 Å².